The number of aromatic nitrogens is 1. The van der Waals surface area contributed by atoms with E-state index in [1.807, 2.05) is 6.07 Å². The Morgan fingerprint density at radius 2 is 2.00 bits per heavy atom. The number of hydrogen-bond donors (Lipinski definition) is 2. The van der Waals surface area contributed by atoms with Crippen LogP contribution in [0.15, 0.2) is 30.5 Å². The number of carbonyl (C=O) groups is 2. The van der Waals surface area contributed by atoms with Crippen LogP contribution in [0.5, 0.6) is 5.75 Å². The highest BCUT2D eigenvalue weighted by Gasteiger charge is 2.35. The summed E-state index contributed by atoms with van der Waals surface area (Å²) < 4.78 is 5.04. The normalized spacial score (nSPS) is 17.6. The first-order chi connectivity index (χ1) is 13.8. The SMILES string of the molecule is O=C(CC1(O)CCN(c2ccc(Cl)c(Cl)c2)CC1)Nc1cnc2c(c1)OC(=O)C2. The second-order valence-corrected chi connectivity index (χ2v) is 8.17. The number of nitrogens with zero attached hydrogens (tertiary/aromatic N) is 2. The number of ether oxygens (including phenoxy) is 1. The van der Waals surface area contributed by atoms with Crippen molar-refractivity contribution in [2.75, 3.05) is 23.3 Å². The van der Waals surface area contributed by atoms with Crippen molar-refractivity contribution in [1.29, 1.82) is 0 Å². The first-order valence-electron chi connectivity index (χ1n) is 9.23. The third kappa shape index (κ3) is 4.47. The fourth-order valence-corrected chi connectivity index (χ4v) is 3.89. The van der Waals surface area contributed by atoms with Crippen LogP contribution in [0.25, 0.3) is 0 Å². The van der Waals surface area contributed by atoms with E-state index in [0.717, 1.165) is 5.69 Å². The Morgan fingerprint density at radius 1 is 1.24 bits per heavy atom. The first-order valence-corrected chi connectivity index (χ1v) is 9.99. The molecular formula is C20H19Cl2N3O4. The second-order valence-electron chi connectivity index (χ2n) is 7.35. The van der Waals surface area contributed by atoms with Crippen LogP contribution in [0.4, 0.5) is 11.4 Å². The van der Waals surface area contributed by atoms with Gasteiger partial charge in [-0.15, -0.1) is 0 Å². The molecular weight excluding hydrogens is 417 g/mol. The van der Waals surface area contributed by atoms with Crippen molar-refractivity contribution in [3.8, 4) is 5.75 Å². The maximum Gasteiger partial charge on any atom is 0.317 e. The zero-order chi connectivity index (χ0) is 20.6. The van der Waals surface area contributed by atoms with E-state index in [4.69, 9.17) is 27.9 Å². The minimum Gasteiger partial charge on any atom is -0.424 e. The Balaban J connectivity index is 1.34. The van der Waals surface area contributed by atoms with Gasteiger partial charge in [-0.1, -0.05) is 23.2 Å². The molecule has 4 rings (SSSR count). The Hall–Kier alpha value is -2.35. The first kappa shape index (κ1) is 19.9. The average Bonchev–Trinajstić information content (AvgIpc) is 3.03. The molecule has 29 heavy (non-hydrogen) atoms. The number of esters is 1. The molecule has 1 fully saturated rings. The van der Waals surface area contributed by atoms with E-state index in [1.54, 1.807) is 18.2 Å². The van der Waals surface area contributed by atoms with Gasteiger partial charge in [0.2, 0.25) is 5.91 Å². The summed E-state index contributed by atoms with van der Waals surface area (Å²) in [6.45, 7) is 1.19. The quantitative estimate of drug-likeness (QED) is 0.716. The van der Waals surface area contributed by atoms with Crippen LogP contribution in [-0.4, -0.2) is 40.7 Å². The molecule has 7 nitrogen and oxygen atoms in total. The molecule has 152 valence electrons. The molecule has 0 aliphatic carbocycles. The molecule has 0 radical (unpaired) electrons. The number of rotatable bonds is 4. The molecule has 9 heteroatoms. The van der Waals surface area contributed by atoms with Crippen molar-refractivity contribution in [3.05, 3.63) is 46.2 Å². The number of hydrogen-bond acceptors (Lipinski definition) is 6. The Kier molecular flexibility index (Phi) is 5.38. The maximum absolute atomic E-state index is 12.4. The minimum absolute atomic E-state index is 0.0287. The lowest BCUT2D eigenvalue weighted by molar-refractivity contribution is -0.131. The van der Waals surface area contributed by atoms with Crippen LogP contribution in [0.3, 0.4) is 0 Å². The fraction of sp³-hybridized carbons (Fsp3) is 0.350. The van der Waals surface area contributed by atoms with E-state index >= 15 is 0 Å². The summed E-state index contributed by atoms with van der Waals surface area (Å²) >= 11 is 12.0. The van der Waals surface area contributed by atoms with Gasteiger partial charge in [-0.25, -0.2) is 0 Å². The van der Waals surface area contributed by atoms with Gasteiger partial charge in [0.15, 0.2) is 5.75 Å². The molecule has 3 heterocycles. The smallest absolute Gasteiger partial charge is 0.317 e. The van der Waals surface area contributed by atoms with Crippen LogP contribution in [0, 0.1) is 0 Å². The van der Waals surface area contributed by atoms with Crippen molar-refractivity contribution < 1.29 is 19.4 Å². The number of anilines is 2. The molecule has 2 N–H and O–H groups in total. The monoisotopic (exact) mass is 435 g/mol. The lowest BCUT2D eigenvalue weighted by Gasteiger charge is -2.39. The van der Waals surface area contributed by atoms with Gasteiger partial charge in [-0.2, -0.15) is 0 Å². The van der Waals surface area contributed by atoms with Crippen LogP contribution in [0.1, 0.15) is 25.0 Å². The molecule has 1 amide bonds. The van der Waals surface area contributed by atoms with Gasteiger partial charge in [-0.3, -0.25) is 14.6 Å². The minimum atomic E-state index is -1.09. The molecule has 0 atom stereocenters. The van der Waals surface area contributed by atoms with Gasteiger partial charge < -0.3 is 20.1 Å². The van der Waals surface area contributed by atoms with Gasteiger partial charge in [-0.05, 0) is 31.0 Å². The summed E-state index contributed by atoms with van der Waals surface area (Å²) in [5.74, 6) is -0.318. The van der Waals surface area contributed by atoms with Crippen molar-refractivity contribution in [2.45, 2.75) is 31.3 Å². The number of pyridine rings is 1. The van der Waals surface area contributed by atoms with Crippen molar-refractivity contribution in [1.82, 2.24) is 4.98 Å². The number of amides is 1. The summed E-state index contributed by atoms with van der Waals surface area (Å²) in [4.78, 5) is 30.0. The number of fused-ring (bicyclic) bond motifs is 1. The molecule has 2 aromatic rings. The van der Waals surface area contributed by atoms with Crippen LogP contribution >= 0.6 is 23.2 Å². The molecule has 1 aromatic heterocycles. The molecule has 1 saturated heterocycles. The van der Waals surface area contributed by atoms with E-state index in [1.165, 1.54) is 6.20 Å². The number of nitrogens with one attached hydrogen (secondary N) is 1. The van der Waals surface area contributed by atoms with Crippen LogP contribution in [0.2, 0.25) is 10.0 Å². The number of aliphatic hydroxyl groups is 1. The molecule has 1 aromatic carbocycles. The summed E-state index contributed by atoms with van der Waals surface area (Å²) in [5, 5.41) is 14.6. The Labute approximate surface area is 177 Å². The second kappa shape index (κ2) is 7.82. The van der Waals surface area contributed by atoms with E-state index in [-0.39, 0.29) is 24.7 Å². The topological polar surface area (TPSA) is 91.8 Å². The van der Waals surface area contributed by atoms with Gasteiger partial charge in [0, 0.05) is 24.8 Å². The average molecular weight is 436 g/mol. The van der Waals surface area contributed by atoms with Crippen LogP contribution < -0.4 is 15.0 Å². The van der Waals surface area contributed by atoms with Gasteiger partial charge in [0.1, 0.15) is 0 Å². The predicted molar refractivity (Wildman–Crippen MR) is 110 cm³/mol. The number of benzene rings is 1. The fourth-order valence-electron chi connectivity index (χ4n) is 3.60. The Bertz CT molecular complexity index is 974. The van der Waals surface area contributed by atoms with Crippen LogP contribution in [-0.2, 0) is 16.0 Å². The van der Waals surface area contributed by atoms with E-state index in [2.05, 4.69) is 15.2 Å². The van der Waals surface area contributed by atoms with Crippen molar-refractivity contribution in [2.24, 2.45) is 0 Å². The predicted octanol–water partition coefficient (Wildman–Crippen LogP) is 3.21. The Morgan fingerprint density at radius 3 is 2.72 bits per heavy atom. The van der Waals surface area contributed by atoms with E-state index in [0.29, 0.717) is 53.1 Å². The van der Waals surface area contributed by atoms with E-state index in [9.17, 15) is 14.7 Å². The largest absolute Gasteiger partial charge is 0.424 e. The standard InChI is InChI=1S/C20H19Cl2N3O4/c21-14-2-1-13(8-15(14)22)25-5-3-20(28,4-6-25)10-18(26)24-12-7-17-16(23-11-12)9-19(27)29-17/h1-2,7-8,11,28H,3-6,9-10H2,(H,24,26). The molecule has 0 bridgehead atoms. The highest BCUT2D eigenvalue weighted by molar-refractivity contribution is 6.42. The highest BCUT2D eigenvalue weighted by Crippen LogP contribution is 2.33. The van der Waals surface area contributed by atoms with Gasteiger partial charge >= 0.3 is 5.97 Å². The zero-order valence-corrected chi connectivity index (χ0v) is 17.0. The third-order valence-electron chi connectivity index (χ3n) is 5.20. The lowest BCUT2D eigenvalue weighted by Crippen LogP contribution is -2.46. The molecule has 2 aliphatic rings. The zero-order valence-electron chi connectivity index (χ0n) is 15.5. The third-order valence-corrected chi connectivity index (χ3v) is 5.94. The number of carbonyl (C=O) groups excluding carboxylic acids is 2. The molecule has 2 aliphatic heterocycles. The number of piperidine rings is 1. The van der Waals surface area contributed by atoms with Crippen molar-refractivity contribution >= 4 is 46.5 Å². The maximum atomic E-state index is 12.4. The molecule has 0 spiro atoms. The lowest BCUT2D eigenvalue weighted by atomic mass is 9.87. The van der Waals surface area contributed by atoms with Gasteiger partial charge in [0.25, 0.3) is 0 Å². The summed E-state index contributed by atoms with van der Waals surface area (Å²) in [7, 11) is 0. The highest BCUT2D eigenvalue weighted by atomic mass is 35.5. The summed E-state index contributed by atoms with van der Waals surface area (Å²) in [6.07, 6.45) is 2.48. The summed E-state index contributed by atoms with van der Waals surface area (Å²) in [6, 6.07) is 7.01. The number of halogens is 2. The summed E-state index contributed by atoms with van der Waals surface area (Å²) in [5.41, 5.74) is 0.833. The van der Waals surface area contributed by atoms with E-state index < -0.39 is 5.60 Å². The molecule has 0 unspecified atom stereocenters. The van der Waals surface area contributed by atoms with Gasteiger partial charge in [0.05, 0.1) is 46.1 Å². The molecule has 0 saturated carbocycles. The van der Waals surface area contributed by atoms with Crippen molar-refractivity contribution in [3.63, 3.8) is 0 Å².